The number of hydrogen-bond donors (Lipinski definition) is 1. The minimum absolute atomic E-state index is 0.0843. The van der Waals surface area contributed by atoms with Crippen LogP contribution in [0.2, 0.25) is 0 Å². The van der Waals surface area contributed by atoms with Gasteiger partial charge in [-0.3, -0.25) is 0 Å². The van der Waals surface area contributed by atoms with E-state index in [-0.39, 0.29) is 5.41 Å². The van der Waals surface area contributed by atoms with Crippen LogP contribution in [0.25, 0.3) is 16.5 Å². The number of hydrogen-bond acceptors (Lipinski definition) is 2. The Morgan fingerprint density at radius 1 is 1.39 bits per heavy atom. The lowest BCUT2D eigenvalue weighted by Crippen LogP contribution is -2.11. The van der Waals surface area contributed by atoms with Gasteiger partial charge < -0.3 is 5.11 Å². The fourth-order valence-electron chi connectivity index (χ4n) is 1.65. The Balaban J connectivity index is 2.82. The van der Waals surface area contributed by atoms with Crippen LogP contribution in [0.5, 0.6) is 5.75 Å². The number of phenols is 1. The van der Waals surface area contributed by atoms with Crippen molar-refractivity contribution in [2.45, 2.75) is 32.6 Å². The molecule has 0 atom stereocenters. The predicted octanol–water partition coefficient (Wildman–Crippen LogP) is 4.40. The molecule has 0 bridgehead atoms. The van der Waals surface area contributed by atoms with Crippen molar-refractivity contribution in [3.63, 3.8) is 0 Å². The van der Waals surface area contributed by atoms with Gasteiger partial charge in [-0.25, -0.2) is 0 Å². The van der Waals surface area contributed by atoms with Gasteiger partial charge in [0.1, 0.15) is 5.75 Å². The molecule has 0 saturated carbocycles. The van der Waals surface area contributed by atoms with E-state index >= 15 is 0 Å². The molecular formula is C14H19N3O. The maximum atomic E-state index is 9.83. The molecule has 0 aliphatic rings. The summed E-state index contributed by atoms with van der Waals surface area (Å²) < 4.78 is 0. The topological polar surface area (TPSA) is 69.0 Å². The van der Waals surface area contributed by atoms with Crippen LogP contribution in [0.1, 0.15) is 38.3 Å². The van der Waals surface area contributed by atoms with E-state index in [1.54, 1.807) is 6.07 Å². The molecule has 0 spiro atoms. The van der Waals surface area contributed by atoms with Gasteiger partial charge in [0.15, 0.2) is 0 Å². The summed E-state index contributed by atoms with van der Waals surface area (Å²) in [5.41, 5.74) is 10.0. The number of nitrogens with zero attached hydrogens (tertiary/aromatic N) is 3. The molecule has 0 fully saturated rings. The van der Waals surface area contributed by atoms with Gasteiger partial charge in [0.05, 0.1) is 0 Å². The fraction of sp³-hybridized carbons (Fsp3) is 0.429. The molecule has 0 aliphatic carbocycles. The Kier molecular flexibility index (Phi) is 4.81. The smallest absolute Gasteiger partial charge is 0.119 e. The third-order valence-electron chi connectivity index (χ3n) is 2.60. The molecule has 96 valence electrons. The lowest BCUT2D eigenvalue weighted by atomic mass is 9.85. The van der Waals surface area contributed by atoms with Crippen molar-refractivity contribution in [2.24, 2.45) is 5.11 Å². The lowest BCUT2D eigenvalue weighted by molar-refractivity contribution is 0.446. The third kappa shape index (κ3) is 4.15. The van der Waals surface area contributed by atoms with Gasteiger partial charge in [-0.15, -0.1) is 0 Å². The van der Waals surface area contributed by atoms with Crippen molar-refractivity contribution in [3.05, 3.63) is 45.8 Å². The molecule has 4 heteroatoms. The number of rotatable bonds is 4. The van der Waals surface area contributed by atoms with E-state index in [4.69, 9.17) is 5.53 Å². The maximum Gasteiger partial charge on any atom is 0.119 e. The third-order valence-corrected chi connectivity index (χ3v) is 2.60. The minimum atomic E-state index is -0.0843. The molecule has 1 aromatic carbocycles. The van der Waals surface area contributed by atoms with E-state index in [9.17, 15) is 5.11 Å². The van der Waals surface area contributed by atoms with Crippen molar-refractivity contribution in [3.8, 4) is 5.75 Å². The van der Waals surface area contributed by atoms with Crippen LogP contribution >= 0.6 is 0 Å². The first-order valence-electron chi connectivity index (χ1n) is 5.96. The second kappa shape index (κ2) is 6.12. The highest BCUT2D eigenvalue weighted by Gasteiger charge is 2.17. The summed E-state index contributed by atoms with van der Waals surface area (Å²) in [5, 5.41) is 13.3. The van der Waals surface area contributed by atoms with E-state index in [0.29, 0.717) is 12.3 Å². The van der Waals surface area contributed by atoms with Gasteiger partial charge in [0.25, 0.3) is 0 Å². The number of aromatic hydroxyl groups is 1. The van der Waals surface area contributed by atoms with E-state index in [1.165, 1.54) is 0 Å². The first kappa shape index (κ1) is 14.1. The Labute approximate surface area is 108 Å². The molecule has 0 aliphatic heterocycles. The maximum absolute atomic E-state index is 9.83. The summed E-state index contributed by atoms with van der Waals surface area (Å²) in [4.78, 5) is 2.70. The van der Waals surface area contributed by atoms with Crippen LogP contribution in [0.4, 0.5) is 0 Å². The summed E-state index contributed by atoms with van der Waals surface area (Å²) in [5.74, 6) is 0.328. The predicted molar refractivity (Wildman–Crippen MR) is 74.5 cm³/mol. The van der Waals surface area contributed by atoms with Gasteiger partial charge in [-0.05, 0) is 40.6 Å². The van der Waals surface area contributed by atoms with E-state index in [2.05, 4.69) is 30.8 Å². The molecule has 1 N–H and O–H groups in total. The number of azide groups is 1. The minimum Gasteiger partial charge on any atom is -0.508 e. The Morgan fingerprint density at radius 3 is 2.72 bits per heavy atom. The molecule has 4 nitrogen and oxygen atoms in total. The zero-order chi connectivity index (χ0) is 13.6. The average Bonchev–Trinajstić information content (AvgIpc) is 2.29. The van der Waals surface area contributed by atoms with Crippen molar-refractivity contribution in [1.82, 2.24) is 0 Å². The average molecular weight is 245 g/mol. The molecule has 0 saturated heterocycles. The van der Waals surface area contributed by atoms with Crippen LogP contribution in [0, 0.1) is 0 Å². The first-order chi connectivity index (χ1) is 8.45. The van der Waals surface area contributed by atoms with Gasteiger partial charge in [0, 0.05) is 11.5 Å². The number of phenolic OH excluding ortho intramolecular Hbond substituents is 1. The fourth-order valence-corrected chi connectivity index (χ4v) is 1.65. The molecule has 0 radical (unpaired) electrons. The summed E-state index contributed by atoms with van der Waals surface area (Å²) >= 11 is 0. The molecule has 1 rings (SSSR count). The zero-order valence-corrected chi connectivity index (χ0v) is 11.1. The summed E-state index contributed by atoms with van der Waals surface area (Å²) in [7, 11) is 0. The molecule has 18 heavy (non-hydrogen) atoms. The van der Waals surface area contributed by atoms with Crippen LogP contribution < -0.4 is 0 Å². The van der Waals surface area contributed by atoms with Crippen LogP contribution in [-0.4, -0.2) is 11.7 Å². The van der Waals surface area contributed by atoms with Crippen molar-refractivity contribution in [1.29, 1.82) is 0 Å². The normalized spacial score (nSPS) is 11.5. The number of benzene rings is 1. The molecule has 0 unspecified atom stereocenters. The van der Waals surface area contributed by atoms with Crippen LogP contribution in [-0.2, 0) is 5.41 Å². The van der Waals surface area contributed by atoms with Crippen molar-refractivity contribution < 1.29 is 5.11 Å². The summed E-state index contributed by atoms with van der Waals surface area (Å²) in [6.45, 7) is 6.67. The highest BCUT2D eigenvalue weighted by Crippen LogP contribution is 2.31. The Morgan fingerprint density at radius 2 is 2.11 bits per heavy atom. The quantitative estimate of drug-likeness (QED) is 0.363. The van der Waals surface area contributed by atoms with Crippen LogP contribution in [0.3, 0.4) is 0 Å². The Hall–Kier alpha value is -1.93. The standard InChI is InChI=1S/C14H19N3O/c1-14(2,3)12-10-11(7-8-13(12)18)6-4-5-9-16-17-15/h4,6-8,10,18H,5,9H2,1-3H3. The SMILES string of the molecule is CC(C)(C)c1cc(C=CCCN=[N+]=[N-])ccc1O. The summed E-state index contributed by atoms with van der Waals surface area (Å²) in [6.07, 6.45) is 4.66. The highest BCUT2D eigenvalue weighted by atomic mass is 16.3. The highest BCUT2D eigenvalue weighted by molar-refractivity contribution is 5.54. The second-order valence-electron chi connectivity index (χ2n) is 5.17. The monoisotopic (exact) mass is 245 g/mol. The first-order valence-corrected chi connectivity index (χ1v) is 5.96. The Bertz CT molecular complexity index is 480. The van der Waals surface area contributed by atoms with E-state index in [1.807, 2.05) is 24.3 Å². The molecule has 0 aromatic heterocycles. The van der Waals surface area contributed by atoms with Gasteiger partial charge in [-0.1, -0.05) is 44.1 Å². The molecule has 1 aromatic rings. The molecule has 0 heterocycles. The van der Waals surface area contributed by atoms with Crippen LogP contribution in [0.15, 0.2) is 29.4 Å². The van der Waals surface area contributed by atoms with E-state index in [0.717, 1.165) is 17.5 Å². The zero-order valence-electron chi connectivity index (χ0n) is 11.1. The largest absolute Gasteiger partial charge is 0.508 e. The molecular weight excluding hydrogens is 226 g/mol. The summed E-state index contributed by atoms with van der Waals surface area (Å²) in [6, 6.07) is 5.57. The van der Waals surface area contributed by atoms with E-state index < -0.39 is 0 Å². The van der Waals surface area contributed by atoms with Gasteiger partial charge in [0.2, 0.25) is 0 Å². The lowest BCUT2D eigenvalue weighted by Gasteiger charge is -2.20. The second-order valence-corrected chi connectivity index (χ2v) is 5.17. The van der Waals surface area contributed by atoms with Gasteiger partial charge >= 0.3 is 0 Å². The van der Waals surface area contributed by atoms with Gasteiger partial charge in [-0.2, -0.15) is 0 Å². The molecule has 0 amide bonds. The van der Waals surface area contributed by atoms with Crippen molar-refractivity contribution >= 4 is 6.08 Å². The van der Waals surface area contributed by atoms with Crippen molar-refractivity contribution in [2.75, 3.05) is 6.54 Å².